The van der Waals surface area contributed by atoms with Crippen molar-refractivity contribution in [2.24, 2.45) is 0 Å². The van der Waals surface area contributed by atoms with Crippen molar-refractivity contribution in [2.45, 2.75) is 12.1 Å². The second kappa shape index (κ2) is 6.97. The number of hydrogen-bond donors (Lipinski definition) is 1. The molecule has 0 aliphatic carbocycles. The van der Waals surface area contributed by atoms with Gasteiger partial charge in [0.1, 0.15) is 11.3 Å². The first-order valence-electron chi connectivity index (χ1n) is 8.29. The van der Waals surface area contributed by atoms with Crippen LogP contribution in [0.1, 0.15) is 15.9 Å². The van der Waals surface area contributed by atoms with Gasteiger partial charge in [-0.1, -0.05) is 30.0 Å². The fourth-order valence-electron chi connectivity index (χ4n) is 2.90. The van der Waals surface area contributed by atoms with E-state index in [9.17, 15) is 9.59 Å². The quantitative estimate of drug-likeness (QED) is 0.415. The highest BCUT2D eigenvalue weighted by atomic mass is 32.2. The fraction of sp³-hybridized carbons (Fsp3) is 0.167. The predicted molar refractivity (Wildman–Crippen MR) is 104 cm³/mol. The van der Waals surface area contributed by atoms with Gasteiger partial charge in [0, 0.05) is 12.4 Å². The van der Waals surface area contributed by atoms with Crippen LogP contribution in [0.2, 0.25) is 0 Å². The largest absolute Gasteiger partial charge is 0.465 e. The first-order chi connectivity index (χ1) is 13.5. The molecule has 0 spiro atoms. The van der Waals surface area contributed by atoms with Crippen molar-refractivity contribution >= 4 is 17.7 Å². The van der Waals surface area contributed by atoms with E-state index in [4.69, 9.17) is 4.74 Å². The van der Waals surface area contributed by atoms with E-state index < -0.39 is 5.97 Å². The minimum absolute atomic E-state index is 0.159. The van der Waals surface area contributed by atoms with Gasteiger partial charge in [0.2, 0.25) is 11.1 Å². The number of carbonyl (C=O) groups is 1. The first-order valence-corrected chi connectivity index (χ1v) is 9.52. The van der Waals surface area contributed by atoms with Crippen molar-refractivity contribution in [1.82, 2.24) is 29.5 Å². The number of methoxy groups -OCH3 is 1. The van der Waals surface area contributed by atoms with Crippen LogP contribution in [-0.4, -0.2) is 48.9 Å². The Labute approximate surface area is 163 Å². The van der Waals surface area contributed by atoms with Gasteiger partial charge in [-0.15, -0.1) is 5.10 Å². The summed E-state index contributed by atoms with van der Waals surface area (Å²) in [5.41, 5.74) is 1.89. The summed E-state index contributed by atoms with van der Waals surface area (Å²) in [6.45, 7) is 1.89. The maximum absolute atomic E-state index is 13.1. The van der Waals surface area contributed by atoms with Gasteiger partial charge < -0.3 is 4.74 Å². The lowest BCUT2D eigenvalue weighted by atomic mass is 10.1. The predicted octanol–water partition coefficient (Wildman–Crippen LogP) is 2.06. The van der Waals surface area contributed by atoms with Crippen molar-refractivity contribution in [3.8, 4) is 22.9 Å². The van der Waals surface area contributed by atoms with Gasteiger partial charge in [0.25, 0.3) is 5.56 Å². The van der Waals surface area contributed by atoms with Crippen molar-refractivity contribution < 1.29 is 9.53 Å². The molecule has 0 unspecified atom stereocenters. The number of para-hydroxylation sites is 1. The Hall–Kier alpha value is -3.40. The number of rotatable bonds is 4. The molecular formula is C18H16N6O3S. The van der Waals surface area contributed by atoms with Gasteiger partial charge in [-0.05, 0) is 24.8 Å². The Balaban J connectivity index is 1.99. The number of esters is 1. The smallest absolute Gasteiger partial charge is 0.341 e. The second-order valence-electron chi connectivity index (χ2n) is 5.98. The number of nitrogens with one attached hydrogen (secondary N) is 1. The number of benzene rings is 1. The zero-order chi connectivity index (χ0) is 19.8. The van der Waals surface area contributed by atoms with Crippen LogP contribution in [0.15, 0.2) is 46.6 Å². The van der Waals surface area contributed by atoms with Crippen LogP contribution in [0.5, 0.6) is 0 Å². The van der Waals surface area contributed by atoms with E-state index in [0.717, 1.165) is 5.56 Å². The van der Waals surface area contributed by atoms with Crippen molar-refractivity contribution in [2.75, 3.05) is 13.4 Å². The summed E-state index contributed by atoms with van der Waals surface area (Å²) in [5, 5.41) is 11.8. The van der Waals surface area contributed by atoms with E-state index in [0.29, 0.717) is 16.8 Å². The third kappa shape index (κ3) is 2.87. The highest BCUT2D eigenvalue weighted by Gasteiger charge is 2.26. The lowest BCUT2D eigenvalue weighted by molar-refractivity contribution is 0.0600. The standard InChI is InChI=1S/C18H16N6O3S/c1-10-6-4-5-7-13(10)24-15(25)11-8-23(17-19-18(28-3)21-20-17)9-12(14(11)22-24)16(26)27-2/h4-9H,1-3H3,(H,19,20,21). The SMILES string of the molecule is COC(=O)c1cn(-c2nc(SC)n[nH]2)cc2c(=O)n(-c3ccccc3C)nc1-2. The van der Waals surface area contributed by atoms with Gasteiger partial charge >= 0.3 is 5.97 Å². The molecular weight excluding hydrogens is 380 g/mol. The fourth-order valence-corrected chi connectivity index (χ4v) is 3.21. The van der Waals surface area contributed by atoms with Crippen LogP contribution in [0, 0.1) is 6.92 Å². The molecule has 0 saturated heterocycles. The summed E-state index contributed by atoms with van der Waals surface area (Å²) in [6.07, 6.45) is 4.95. The molecule has 2 aliphatic rings. The number of pyridine rings is 1. The molecule has 10 heteroatoms. The summed E-state index contributed by atoms with van der Waals surface area (Å²) < 4.78 is 7.72. The molecule has 1 aromatic heterocycles. The summed E-state index contributed by atoms with van der Waals surface area (Å²) in [7, 11) is 1.28. The summed E-state index contributed by atoms with van der Waals surface area (Å²) in [5.74, 6) is -0.224. The molecule has 1 aromatic carbocycles. The van der Waals surface area contributed by atoms with E-state index >= 15 is 0 Å². The average Bonchev–Trinajstić information content (AvgIpc) is 3.32. The number of fused-ring (bicyclic) bond motifs is 1. The normalized spacial score (nSPS) is 11.1. The van der Waals surface area contributed by atoms with Gasteiger partial charge in [-0.3, -0.25) is 9.36 Å². The van der Waals surface area contributed by atoms with Crippen LogP contribution in [0.25, 0.3) is 22.9 Å². The van der Waals surface area contributed by atoms with Crippen LogP contribution in [-0.2, 0) is 4.74 Å². The van der Waals surface area contributed by atoms with Crippen LogP contribution >= 0.6 is 11.8 Å². The monoisotopic (exact) mass is 396 g/mol. The number of hydrogen-bond acceptors (Lipinski definition) is 7. The van der Waals surface area contributed by atoms with E-state index in [-0.39, 0.29) is 22.4 Å². The maximum Gasteiger partial charge on any atom is 0.341 e. The highest BCUT2D eigenvalue weighted by molar-refractivity contribution is 7.98. The Kier molecular flexibility index (Phi) is 4.47. The number of aryl methyl sites for hydroxylation is 1. The molecule has 0 saturated carbocycles. The molecule has 0 fully saturated rings. The lowest BCUT2D eigenvalue weighted by Crippen LogP contribution is -2.16. The molecule has 4 rings (SSSR count). The molecule has 2 aliphatic heterocycles. The highest BCUT2D eigenvalue weighted by Crippen LogP contribution is 2.25. The number of carbonyl (C=O) groups excluding carboxylic acids is 1. The topological polar surface area (TPSA) is 108 Å². The molecule has 142 valence electrons. The third-order valence-corrected chi connectivity index (χ3v) is 4.85. The number of H-pyrrole nitrogens is 1. The maximum atomic E-state index is 13.1. The van der Waals surface area contributed by atoms with Crippen molar-refractivity contribution in [3.63, 3.8) is 0 Å². The lowest BCUT2D eigenvalue weighted by Gasteiger charge is -2.08. The average molecular weight is 396 g/mol. The molecule has 0 atom stereocenters. The third-order valence-electron chi connectivity index (χ3n) is 4.30. The van der Waals surface area contributed by atoms with E-state index in [1.165, 1.54) is 34.3 Å². The van der Waals surface area contributed by atoms with Crippen LogP contribution in [0.4, 0.5) is 0 Å². The number of ether oxygens (including phenoxy) is 1. The van der Waals surface area contributed by atoms with Crippen molar-refractivity contribution in [3.05, 3.63) is 58.1 Å². The summed E-state index contributed by atoms with van der Waals surface area (Å²) in [4.78, 5) is 29.8. The Bertz CT molecular complexity index is 1210. The Morgan fingerprint density at radius 3 is 2.71 bits per heavy atom. The molecule has 28 heavy (non-hydrogen) atoms. The number of thioether (sulfide) groups is 1. The van der Waals surface area contributed by atoms with Crippen LogP contribution < -0.4 is 5.56 Å². The minimum Gasteiger partial charge on any atom is -0.465 e. The molecule has 9 nitrogen and oxygen atoms in total. The molecule has 2 aromatic rings. The molecule has 0 amide bonds. The summed E-state index contributed by atoms with van der Waals surface area (Å²) in [6, 6.07) is 7.40. The number of aromatic nitrogens is 6. The molecule has 0 bridgehead atoms. The molecule has 1 N–H and O–H groups in total. The van der Waals surface area contributed by atoms with E-state index in [1.807, 2.05) is 31.4 Å². The summed E-state index contributed by atoms with van der Waals surface area (Å²) >= 11 is 1.37. The second-order valence-corrected chi connectivity index (χ2v) is 6.76. The van der Waals surface area contributed by atoms with Crippen LogP contribution in [0.3, 0.4) is 0 Å². The van der Waals surface area contributed by atoms with E-state index in [1.54, 1.807) is 12.3 Å². The van der Waals surface area contributed by atoms with Gasteiger partial charge in [0.15, 0.2) is 0 Å². The zero-order valence-electron chi connectivity index (χ0n) is 15.3. The van der Waals surface area contributed by atoms with Crippen molar-refractivity contribution in [1.29, 1.82) is 0 Å². The Morgan fingerprint density at radius 1 is 1.25 bits per heavy atom. The number of aromatic amines is 1. The first kappa shape index (κ1) is 18.0. The van der Waals surface area contributed by atoms with Gasteiger partial charge in [-0.2, -0.15) is 14.8 Å². The molecule has 3 heterocycles. The number of nitrogens with zero attached hydrogens (tertiary/aromatic N) is 5. The van der Waals surface area contributed by atoms with E-state index in [2.05, 4.69) is 20.3 Å². The Morgan fingerprint density at radius 2 is 2.04 bits per heavy atom. The van der Waals surface area contributed by atoms with Gasteiger partial charge in [-0.25, -0.2) is 9.89 Å². The zero-order valence-corrected chi connectivity index (χ0v) is 16.1. The van der Waals surface area contributed by atoms with Gasteiger partial charge in [0.05, 0.1) is 18.4 Å². The minimum atomic E-state index is -0.599. The molecule has 0 radical (unpaired) electrons.